The van der Waals surface area contributed by atoms with Crippen LogP contribution < -0.4 is 10.5 Å². The topological polar surface area (TPSA) is 64.8 Å². The molecule has 1 fully saturated rings. The van der Waals surface area contributed by atoms with Crippen LogP contribution in [0, 0.1) is 0 Å². The van der Waals surface area contributed by atoms with E-state index < -0.39 is 0 Å². The third-order valence-corrected chi connectivity index (χ3v) is 4.02. The average Bonchev–Trinajstić information content (AvgIpc) is 2.67. The van der Waals surface area contributed by atoms with E-state index in [1.807, 2.05) is 48.5 Å². The molecular weight excluding hydrogens is 340 g/mol. The van der Waals surface area contributed by atoms with Gasteiger partial charge in [-0.3, -0.25) is 4.79 Å². The van der Waals surface area contributed by atoms with E-state index in [2.05, 4.69) is 0 Å². The largest absolute Gasteiger partial charge is 0.489 e. The molecule has 1 heterocycles. The molecule has 1 unspecified atom stereocenters. The highest BCUT2D eigenvalue weighted by Gasteiger charge is 2.24. The molecule has 1 aliphatic heterocycles. The molecule has 1 amide bonds. The van der Waals surface area contributed by atoms with Crippen molar-refractivity contribution in [2.75, 3.05) is 26.2 Å². The Hall–Kier alpha value is -2.08. The van der Waals surface area contributed by atoms with Crippen molar-refractivity contribution in [2.24, 2.45) is 5.73 Å². The van der Waals surface area contributed by atoms with E-state index in [4.69, 9.17) is 15.2 Å². The van der Waals surface area contributed by atoms with Crippen LogP contribution in [0.2, 0.25) is 0 Å². The van der Waals surface area contributed by atoms with Crippen molar-refractivity contribution in [1.82, 2.24) is 4.90 Å². The zero-order valence-electron chi connectivity index (χ0n) is 14.0. The SMILES string of the molecule is Cl.NCC1CN(C(=O)c2cccc(OCc3ccccc3)c2)CCO1. The Morgan fingerprint density at radius 2 is 2.00 bits per heavy atom. The molecule has 1 atom stereocenters. The van der Waals surface area contributed by atoms with Crippen LogP contribution >= 0.6 is 12.4 Å². The number of benzene rings is 2. The molecular formula is C19H23ClN2O3. The first-order valence-electron chi connectivity index (χ1n) is 8.14. The van der Waals surface area contributed by atoms with Gasteiger partial charge in [-0.25, -0.2) is 0 Å². The molecule has 0 bridgehead atoms. The number of hydrogen-bond acceptors (Lipinski definition) is 4. The first-order valence-corrected chi connectivity index (χ1v) is 8.14. The number of carbonyl (C=O) groups is 1. The maximum Gasteiger partial charge on any atom is 0.254 e. The molecule has 0 aliphatic carbocycles. The number of nitrogens with zero attached hydrogens (tertiary/aromatic N) is 1. The number of amides is 1. The minimum atomic E-state index is -0.0831. The maximum atomic E-state index is 12.7. The Morgan fingerprint density at radius 3 is 2.76 bits per heavy atom. The minimum absolute atomic E-state index is 0. The van der Waals surface area contributed by atoms with E-state index >= 15 is 0 Å². The van der Waals surface area contributed by atoms with Crippen molar-refractivity contribution < 1.29 is 14.3 Å². The first-order chi connectivity index (χ1) is 11.8. The summed E-state index contributed by atoms with van der Waals surface area (Å²) in [6, 6.07) is 17.2. The molecule has 2 aromatic rings. The molecule has 5 nitrogen and oxygen atoms in total. The molecule has 2 N–H and O–H groups in total. The summed E-state index contributed by atoms with van der Waals surface area (Å²) in [5, 5.41) is 0. The van der Waals surface area contributed by atoms with E-state index in [1.165, 1.54) is 0 Å². The fourth-order valence-corrected chi connectivity index (χ4v) is 2.69. The van der Waals surface area contributed by atoms with Gasteiger partial charge < -0.3 is 20.1 Å². The highest BCUT2D eigenvalue weighted by atomic mass is 35.5. The van der Waals surface area contributed by atoms with E-state index in [0.29, 0.717) is 44.2 Å². The van der Waals surface area contributed by atoms with Gasteiger partial charge in [0, 0.05) is 25.2 Å². The minimum Gasteiger partial charge on any atom is -0.489 e. The van der Waals surface area contributed by atoms with Crippen LogP contribution in [0.1, 0.15) is 15.9 Å². The molecule has 1 saturated heterocycles. The van der Waals surface area contributed by atoms with Crippen LogP contribution in [-0.2, 0) is 11.3 Å². The molecule has 0 spiro atoms. The van der Waals surface area contributed by atoms with Gasteiger partial charge in [-0.2, -0.15) is 0 Å². The van der Waals surface area contributed by atoms with E-state index in [9.17, 15) is 4.79 Å². The third-order valence-electron chi connectivity index (χ3n) is 4.02. The zero-order chi connectivity index (χ0) is 16.8. The molecule has 2 aromatic carbocycles. The van der Waals surface area contributed by atoms with E-state index in [0.717, 1.165) is 5.56 Å². The summed E-state index contributed by atoms with van der Waals surface area (Å²) in [6.45, 7) is 2.54. The molecule has 134 valence electrons. The van der Waals surface area contributed by atoms with Crippen molar-refractivity contribution in [3.63, 3.8) is 0 Å². The molecule has 3 rings (SSSR count). The highest BCUT2D eigenvalue weighted by Crippen LogP contribution is 2.18. The summed E-state index contributed by atoms with van der Waals surface area (Å²) in [5.41, 5.74) is 7.35. The van der Waals surface area contributed by atoms with Crippen LogP contribution in [0.5, 0.6) is 5.75 Å². The van der Waals surface area contributed by atoms with Gasteiger partial charge in [-0.15, -0.1) is 12.4 Å². The van der Waals surface area contributed by atoms with Gasteiger partial charge >= 0.3 is 0 Å². The normalized spacial score (nSPS) is 16.8. The number of nitrogens with two attached hydrogens (primary N) is 1. The van der Waals surface area contributed by atoms with Crippen molar-refractivity contribution in [3.05, 3.63) is 65.7 Å². The quantitative estimate of drug-likeness (QED) is 0.887. The highest BCUT2D eigenvalue weighted by molar-refractivity contribution is 5.94. The predicted molar refractivity (Wildman–Crippen MR) is 99.2 cm³/mol. The number of morpholine rings is 1. The summed E-state index contributed by atoms with van der Waals surface area (Å²) < 4.78 is 11.3. The summed E-state index contributed by atoms with van der Waals surface area (Å²) in [4.78, 5) is 14.5. The summed E-state index contributed by atoms with van der Waals surface area (Å²) in [6.07, 6.45) is -0.0831. The lowest BCUT2D eigenvalue weighted by Crippen LogP contribution is -2.48. The van der Waals surface area contributed by atoms with Crippen molar-refractivity contribution in [1.29, 1.82) is 0 Å². The van der Waals surface area contributed by atoms with Gasteiger partial charge in [0.25, 0.3) is 5.91 Å². The number of halogens is 1. The number of rotatable bonds is 5. The molecule has 0 aromatic heterocycles. The van der Waals surface area contributed by atoms with Crippen LogP contribution in [0.4, 0.5) is 0 Å². The number of carbonyl (C=O) groups excluding carboxylic acids is 1. The standard InChI is InChI=1S/C19H22N2O3.ClH/c20-12-18-13-21(9-10-23-18)19(22)16-7-4-8-17(11-16)24-14-15-5-2-1-3-6-15;/h1-8,11,18H,9-10,12-14,20H2;1H. The van der Waals surface area contributed by atoms with E-state index in [-0.39, 0.29) is 24.4 Å². The Bertz CT molecular complexity index is 681. The summed E-state index contributed by atoms with van der Waals surface area (Å²) in [7, 11) is 0. The summed E-state index contributed by atoms with van der Waals surface area (Å²) in [5.74, 6) is 0.676. The Morgan fingerprint density at radius 1 is 1.20 bits per heavy atom. The second-order valence-electron chi connectivity index (χ2n) is 5.78. The van der Waals surface area contributed by atoms with Gasteiger partial charge in [0.1, 0.15) is 12.4 Å². The zero-order valence-corrected chi connectivity index (χ0v) is 14.8. The van der Waals surface area contributed by atoms with E-state index in [1.54, 1.807) is 11.0 Å². The number of hydrogen-bond donors (Lipinski definition) is 1. The molecule has 6 heteroatoms. The van der Waals surface area contributed by atoms with Crippen LogP contribution in [0.25, 0.3) is 0 Å². The average molecular weight is 363 g/mol. The smallest absolute Gasteiger partial charge is 0.254 e. The fourth-order valence-electron chi connectivity index (χ4n) is 2.69. The molecule has 25 heavy (non-hydrogen) atoms. The van der Waals surface area contributed by atoms with Crippen molar-refractivity contribution in [3.8, 4) is 5.75 Å². The molecule has 0 radical (unpaired) electrons. The van der Waals surface area contributed by atoms with Gasteiger partial charge in [-0.1, -0.05) is 36.4 Å². The van der Waals surface area contributed by atoms with Crippen LogP contribution in [0.15, 0.2) is 54.6 Å². The molecule has 1 aliphatic rings. The first kappa shape index (κ1) is 19.2. The van der Waals surface area contributed by atoms with Gasteiger partial charge in [0.05, 0.1) is 12.7 Å². The van der Waals surface area contributed by atoms with Crippen LogP contribution in [-0.4, -0.2) is 43.2 Å². The monoisotopic (exact) mass is 362 g/mol. The van der Waals surface area contributed by atoms with Crippen molar-refractivity contribution in [2.45, 2.75) is 12.7 Å². The van der Waals surface area contributed by atoms with Gasteiger partial charge in [0.2, 0.25) is 0 Å². The second kappa shape index (κ2) is 9.42. The summed E-state index contributed by atoms with van der Waals surface area (Å²) >= 11 is 0. The lowest BCUT2D eigenvalue weighted by molar-refractivity contribution is -0.0167. The van der Waals surface area contributed by atoms with Crippen molar-refractivity contribution >= 4 is 18.3 Å². The Balaban J connectivity index is 0.00000225. The number of ether oxygens (including phenoxy) is 2. The Kier molecular flexibility index (Phi) is 7.25. The van der Waals surface area contributed by atoms with Gasteiger partial charge in [0.15, 0.2) is 0 Å². The second-order valence-corrected chi connectivity index (χ2v) is 5.78. The lowest BCUT2D eigenvalue weighted by Gasteiger charge is -2.32. The fraction of sp³-hybridized carbons (Fsp3) is 0.316. The van der Waals surface area contributed by atoms with Crippen LogP contribution in [0.3, 0.4) is 0 Å². The lowest BCUT2D eigenvalue weighted by atomic mass is 10.1. The predicted octanol–water partition coefficient (Wildman–Crippen LogP) is 2.49. The molecule has 0 saturated carbocycles. The van der Waals surface area contributed by atoms with Gasteiger partial charge in [-0.05, 0) is 23.8 Å². The third kappa shape index (κ3) is 5.19. The Labute approximate surface area is 154 Å². The maximum absolute atomic E-state index is 12.7.